The number of likely N-dealkylation sites (N-methyl/N-ethyl adjacent to an activating group) is 1. The average Bonchev–Trinajstić information content (AvgIpc) is 3.04. The third-order valence-corrected chi connectivity index (χ3v) is 6.61. The Kier molecular flexibility index (Phi) is 5.00. The van der Waals surface area contributed by atoms with Gasteiger partial charge in [-0.15, -0.1) is 0 Å². The summed E-state index contributed by atoms with van der Waals surface area (Å²) in [7, 11) is 2.26. The number of piperidine rings is 1. The molecular weight excluding hydrogens is 334 g/mol. The van der Waals surface area contributed by atoms with Crippen LogP contribution >= 0.6 is 0 Å². The number of rotatable bonds is 3. The van der Waals surface area contributed by atoms with Crippen molar-refractivity contribution in [1.82, 2.24) is 14.8 Å². The molecule has 0 unspecified atom stereocenters. The number of carbonyl (C=O) groups excluding carboxylic acids is 1. The minimum atomic E-state index is 0.155. The maximum absolute atomic E-state index is 12.9. The molecule has 0 bridgehead atoms. The maximum atomic E-state index is 12.9. The molecule has 1 spiro atoms. The number of hydrogen-bond donors (Lipinski definition) is 0. The van der Waals surface area contributed by atoms with Gasteiger partial charge in [-0.1, -0.05) is 37.3 Å². The topological polar surface area (TPSA) is 36.4 Å². The van der Waals surface area contributed by atoms with E-state index in [9.17, 15) is 4.79 Å². The fourth-order valence-corrected chi connectivity index (χ4v) is 4.85. The molecule has 1 amide bonds. The lowest BCUT2D eigenvalue weighted by Crippen LogP contribution is -2.52. The van der Waals surface area contributed by atoms with E-state index in [0.717, 1.165) is 50.2 Å². The van der Waals surface area contributed by atoms with E-state index in [1.54, 1.807) is 6.20 Å². The van der Waals surface area contributed by atoms with Crippen molar-refractivity contribution in [2.24, 2.45) is 0 Å². The van der Waals surface area contributed by atoms with E-state index in [1.807, 2.05) is 17.0 Å². The van der Waals surface area contributed by atoms with Crippen molar-refractivity contribution in [3.05, 3.63) is 65.5 Å². The van der Waals surface area contributed by atoms with E-state index in [4.69, 9.17) is 0 Å². The number of hydrogen-bond acceptors (Lipinski definition) is 3. The van der Waals surface area contributed by atoms with Gasteiger partial charge in [0.15, 0.2) is 0 Å². The second-order valence-corrected chi connectivity index (χ2v) is 8.10. The first-order valence-corrected chi connectivity index (χ1v) is 10.1. The zero-order chi connectivity index (χ0) is 18.9. The Balaban J connectivity index is 1.43. The molecule has 4 nitrogen and oxygen atoms in total. The van der Waals surface area contributed by atoms with Crippen LogP contribution in [0.5, 0.6) is 0 Å². The first kappa shape index (κ1) is 18.2. The van der Waals surface area contributed by atoms with E-state index in [0.29, 0.717) is 5.92 Å². The zero-order valence-corrected chi connectivity index (χ0v) is 16.4. The molecule has 1 atom stereocenters. The largest absolute Gasteiger partial charge is 0.339 e. The van der Waals surface area contributed by atoms with Gasteiger partial charge < -0.3 is 4.90 Å². The van der Waals surface area contributed by atoms with Gasteiger partial charge in [0.25, 0.3) is 5.91 Å². The van der Waals surface area contributed by atoms with Gasteiger partial charge in [-0.05, 0) is 56.3 Å². The van der Waals surface area contributed by atoms with Crippen LogP contribution in [0.15, 0.2) is 48.7 Å². The third kappa shape index (κ3) is 3.51. The Hall–Kier alpha value is -2.20. The van der Waals surface area contributed by atoms with E-state index >= 15 is 0 Å². The van der Waals surface area contributed by atoms with Crippen molar-refractivity contribution < 1.29 is 4.79 Å². The molecule has 1 aromatic carbocycles. The first-order chi connectivity index (χ1) is 13.1. The maximum Gasteiger partial charge on any atom is 0.253 e. The molecular formula is C23H29N3O. The predicted molar refractivity (Wildman–Crippen MR) is 108 cm³/mol. The lowest BCUT2D eigenvalue weighted by atomic mass is 9.81. The molecule has 1 aromatic heterocycles. The lowest BCUT2D eigenvalue weighted by Gasteiger charge is -2.43. The van der Waals surface area contributed by atoms with Crippen LogP contribution in [0.1, 0.15) is 53.7 Å². The zero-order valence-electron chi connectivity index (χ0n) is 16.4. The standard InChI is InChI=1S/C23H29N3O/c1-3-21-15-19(9-12-24-21)22(27)26-13-10-23(11-14-26)16-20(17-25(23)2)18-7-5-4-6-8-18/h4-9,12,15,20H,3,10-11,13-14,16-17H2,1-2H3/t20-/m1/s1. The molecule has 3 heterocycles. The van der Waals surface area contributed by atoms with E-state index < -0.39 is 0 Å². The third-order valence-electron chi connectivity index (χ3n) is 6.61. The number of aryl methyl sites for hydroxylation is 1. The average molecular weight is 364 g/mol. The van der Waals surface area contributed by atoms with Gasteiger partial charge in [0.05, 0.1) is 0 Å². The molecule has 4 rings (SSSR count). The fourth-order valence-electron chi connectivity index (χ4n) is 4.85. The molecule has 27 heavy (non-hydrogen) atoms. The van der Waals surface area contributed by atoms with Gasteiger partial charge in [0.2, 0.25) is 0 Å². The number of likely N-dealkylation sites (tertiary alicyclic amines) is 2. The van der Waals surface area contributed by atoms with Gasteiger partial charge in [-0.25, -0.2) is 0 Å². The highest BCUT2D eigenvalue weighted by atomic mass is 16.2. The highest BCUT2D eigenvalue weighted by Crippen LogP contribution is 2.44. The lowest BCUT2D eigenvalue weighted by molar-refractivity contribution is 0.0492. The van der Waals surface area contributed by atoms with Crippen molar-refractivity contribution >= 4 is 5.91 Å². The Labute approximate surface area is 162 Å². The summed E-state index contributed by atoms with van der Waals surface area (Å²) in [5.41, 5.74) is 3.45. The molecule has 142 valence electrons. The number of nitrogens with zero attached hydrogens (tertiary/aromatic N) is 3. The fraction of sp³-hybridized carbons (Fsp3) is 0.478. The van der Waals surface area contributed by atoms with Crippen LogP contribution in [0, 0.1) is 0 Å². The van der Waals surface area contributed by atoms with Gasteiger partial charge in [-0.3, -0.25) is 14.7 Å². The Morgan fingerprint density at radius 1 is 1.19 bits per heavy atom. The van der Waals surface area contributed by atoms with Gasteiger partial charge >= 0.3 is 0 Å². The molecule has 2 aliphatic heterocycles. The summed E-state index contributed by atoms with van der Waals surface area (Å²) in [6, 6.07) is 14.7. The Morgan fingerprint density at radius 3 is 2.63 bits per heavy atom. The summed E-state index contributed by atoms with van der Waals surface area (Å²) < 4.78 is 0. The normalized spacial score (nSPS) is 22.3. The molecule has 0 N–H and O–H groups in total. The monoisotopic (exact) mass is 363 g/mol. The summed E-state index contributed by atoms with van der Waals surface area (Å²) in [6.07, 6.45) is 5.93. The number of aromatic nitrogens is 1. The molecule has 0 aliphatic carbocycles. The quantitative estimate of drug-likeness (QED) is 0.833. The number of amides is 1. The second kappa shape index (κ2) is 7.43. The first-order valence-electron chi connectivity index (χ1n) is 10.1. The number of carbonyl (C=O) groups is 1. The van der Waals surface area contributed by atoms with Crippen LogP contribution in [0.4, 0.5) is 0 Å². The molecule has 0 saturated carbocycles. The SMILES string of the molecule is CCc1cc(C(=O)N2CCC3(CC2)C[C@@H](c2ccccc2)CN3C)ccn1. The van der Waals surface area contributed by atoms with Crippen molar-refractivity contribution in [3.63, 3.8) is 0 Å². The highest BCUT2D eigenvalue weighted by Gasteiger charge is 2.46. The van der Waals surface area contributed by atoms with Crippen LogP contribution in [0.25, 0.3) is 0 Å². The molecule has 0 radical (unpaired) electrons. The van der Waals surface area contributed by atoms with Crippen molar-refractivity contribution in [2.45, 2.75) is 44.1 Å². The van der Waals surface area contributed by atoms with E-state index in [1.165, 1.54) is 12.0 Å². The second-order valence-electron chi connectivity index (χ2n) is 8.10. The number of pyridine rings is 1. The summed E-state index contributed by atoms with van der Waals surface area (Å²) in [4.78, 5) is 21.8. The van der Waals surface area contributed by atoms with Crippen LogP contribution in [0.3, 0.4) is 0 Å². The van der Waals surface area contributed by atoms with Crippen molar-refractivity contribution in [3.8, 4) is 0 Å². The Bertz CT molecular complexity index is 796. The summed E-state index contributed by atoms with van der Waals surface area (Å²) >= 11 is 0. The van der Waals surface area contributed by atoms with Crippen LogP contribution < -0.4 is 0 Å². The van der Waals surface area contributed by atoms with Crippen LogP contribution in [-0.4, -0.2) is 52.9 Å². The predicted octanol–water partition coefficient (Wildman–Crippen LogP) is 3.74. The highest BCUT2D eigenvalue weighted by molar-refractivity contribution is 5.94. The smallest absolute Gasteiger partial charge is 0.253 e. The molecule has 2 aliphatic rings. The summed E-state index contributed by atoms with van der Waals surface area (Å²) in [5.74, 6) is 0.757. The van der Waals surface area contributed by atoms with Gasteiger partial charge in [-0.2, -0.15) is 0 Å². The molecule has 2 saturated heterocycles. The molecule has 2 aromatic rings. The Morgan fingerprint density at radius 2 is 1.93 bits per heavy atom. The van der Waals surface area contributed by atoms with E-state index in [2.05, 4.69) is 54.2 Å². The summed E-state index contributed by atoms with van der Waals surface area (Å²) in [5, 5.41) is 0. The van der Waals surface area contributed by atoms with Crippen molar-refractivity contribution in [2.75, 3.05) is 26.7 Å². The molecule has 4 heteroatoms. The van der Waals surface area contributed by atoms with Crippen LogP contribution in [-0.2, 0) is 6.42 Å². The number of benzene rings is 1. The minimum Gasteiger partial charge on any atom is -0.339 e. The van der Waals surface area contributed by atoms with Crippen molar-refractivity contribution in [1.29, 1.82) is 0 Å². The minimum absolute atomic E-state index is 0.155. The van der Waals surface area contributed by atoms with Gasteiger partial charge in [0.1, 0.15) is 0 Å². The molecule has 2 fully saturated rings. The van der Waals surface area contributed by atoms with E-state index in [-0.39, 0.29) is 11.4 Å². The summed E-state index contributed by atoms with van der Waals surface area (Å²) in [6.45, 7) is 4.87. The van der Waals surface area contributed by atoms with Gasteiger partial charge in [0, 0.05) is 42.6 Å². The van der Waals surface area contributed by atoms with Crippen LogP contribution in [0.2, 0.25) is 0 Å².